The Bertz CT molecular complexity index is 797. The summed E-state index contributed by atoms with van der Waals surface area (Å²) in [7, 11) is -3.39. The van der Waals surface area contributed by atoms with Crippen LogP contribution in [0.3, 0.4) is 0 Å². The zero-order valence-corrected chi connectivity index (χ0v) is 14.1. The van der Waals surface area contributed by atoms with Gasteiger partial charge in [-0.1, -0.05) is 36.4 Å². The summed E-state index contributed by atoms with van der Waals surface area (Å²) in [6, 6.07) is 16.0. The highest BCUT2D eigenvalue weighted by Crippen LogP contribution is 2.18. The quantitative estimate of drug-likeness (QED) is 0.835. The van der Waals surface area contributed by atoms with Crippen LogP contribution in [0.5, 0.6) is 0 Å². The van der Waals surface area contributed by atoms with Crippen LogP contribution in [0.1, 0.15) is 20.7 Å². The van der Waals surface area contributed by atoms with E-state index in [0.717, 1.165) is 0 Å². The van der Waals surface area contributed by atoms with Gasteiger partial charge >= 0.3 is 5.97 Å². The first kappa shape index (κ1) is 17.2. The van der Waals surface area contributed by atoms with E-state index in [2.05, 4.69) is 5.32 Å². The van der Waals surface area contributed by atoms with Crippen molar-refractivity contribution in [2.24, 2.45) is 0 Å². The topological polar surface area (TPSA) is 89.5 Å². The monoisotopic (exact) mass is 359 g/mol. The van der Waals surface area contributed by atoms with Crippen LogP contribution in [0, 0.1) is 0 Å². The third-order valence-electron chi connectivity index (χ3n) is 3.92. The number of hydrogen-bond acceptors (Lipinski definition) is 5. The van der Waals surface area contributed by atoms with Crippen molar-refractivity contribution >= 4 is 21.7 Å². The van der Waals surface area contributed by atoms with Gasteiger partial charge in [0.1, 0.15) is 6.10 Å². The lowest BCUT2D eigenvalue weighted by Gasteiger charge is -2.20. The van der Waals surface area contributed by atoms with E-state index < -0.39 is 33.9 Å². The Morgan fingerprint density at radius 3 is 2.04 bits per heavy atom. The van der Waals surface area contributed by atoms with Gasteiger partial charge in [-0.2, -0.15) is 0 Å². The molecule has 0 aliphatic carbocycles. The normalized spacial score (nSPS) is 21.4. The van der Waals surface area contributed by atoms with Crippen LogP contribution in [0.4, 0.5) is 0 Å². The number of sulfone groups is 1. The zero-order chi connectivity index (χ0) is 17.9. The summed E-state index contributed by atoms with van der Waals surface area (Å²) >= 11 is 0. The summed E-state index contributed by atoms with van der Waals surface area (Å²) in [6.07, 6.45) is -0.912. The minimum absolute atomic E-state index is 0.252. The predicted molar refractivity (Wildman–Crippen MR) is 92.0 cm³/mol. The number of carbonyl (C=O) groups excluding carboxylic acids is 2. The molecule has 0 spiro atoms. The van der Waals surface area contributed by atoms with E-state index in [9.17, 15) is 18.0 Å². The van der Waals surface area contributed by atoms with Crippen LogP contribution in [-0.2, 0) is 14.6 Å². The van der Waals surface area contributed by atoms with E-state index in [-0.39, 0.29) is 11.5 Å². The van der Waals surface area contributed by atoms with Gasteiger partial charge in [0.05, 0.1) is 23.1 Å². The van der Waals surface area contributed by atoms with Gasteiger partial charge in [-0.3, -0.25) is 4.79 Å². The summed E-state index contributed by atoms with van der Waals surface area (Å²) in [5.41, 5.74) is 0.750. The Labute approximate surface area is 145 Å². The molecule has 130 valence electrons. The van der Waals surface area contributed by atoms with Crippen LogP contribution in [0.2, 0.25) is 0 Å². The Balaban J connectivity index is 1.73. The number of ether oxygens (including phenoxy) is 1. The molecule has 3 rings (SSSR count). The second-order valence-electron chi connectivity index (χ2n) is 5.83. The van der Waals surface area contributed by atoms with Crippen LogP contribution in [0.25, 0.3) is 0 Å². The first-order valence-electron chi connectivity index (χ1n) is 7.77. The number of carbonyl (C=O) groups is 2. The summed E-state index contributed by atoms with van der Waals surface area (Å²) in [5, 5.41) is 2.66. The highest BCUT2D eigenvalue weighted by molar-refractivity contribution is 7.91. The van der Waals surface area contributed by atoms with Crippen LogP contribution >= 0.6 is 0 Å². The summed E-state index contributed by atoms with van der Waals surface area (Å²) in [5.74, 6) is -1.56. The van der Waals surface area contributed by atoms with Crippen molar-refractivity contribution in [3.05, 3.63) is 71.8 Å². The second kappa shape index (κ2) is 7.06. The number of nitrogens with one attached hydrogen (secondary N) is 1. The van der Waals surface area contributed by atoms with Gasteiger partial charge in [-0.25, -0.2) is 13.2 Å². The van der Waals surface area contributed by atoms with Crippen molar-refractivity contribution in [1.82, 2.24) is 5.32 Å². The van der Waals surface area contributed by atoms with Crippen molar-refractivity contribution in [2.75, 3.05) is 11.5 Å². The van der Waals surface area contributed by atoms with E-state index in [1.807, 2.05) is 0 Å². The molecule has 1 fully saturated rings. The Hall–Kier alpha value is -2.67. The predicted octanol–water partition coefficient (Wildman–Crippen LogP) is 1.44. The SMILES string of the molecule is O=C(NC1CS(=O)(=O)CC1OC(=O)c1ccccc1)c1ccccc1. The molecule has 0 saturated carbocycles. The molecule has 2 unspecified atom stereocenters. The van der Waals surface area contributed by atoms with E-state index in [1.54, 1.807) is 60.7 Å². The first-order valence-corrected chi connectivity index (χ1v) is 9.59. The molecule has 2 aromatic rings. The van der Waals surface area contributed by atoms with Crippen LogP contribution in [0.15, 0.2) is 60.7 Å². The maximum absolute atomic E-state index is 12.3. The standard InChI is InChI=1S/C18H17NO5S/c20-17(13-7-3-1-4-8-13)19-15-11-25(22,23)12-16(15)24-18(21)14-9-5-2-6-10-14/h1-10,15-16H,11-12H2,(H,19,20). The molecule has 2 atom stereocenters. The average molecular weight is 359 g/mol. The van der Waals surface area contributed by atoms with E-state index in [1.165, 1.54) is 0 Å². The fourth-order valence-corrected chi connectivity index (χ4v) is 4.47. The zero-order valence-electron chi connectivity index (χ0n) is 13.3. The molecular formula is C18H17NO5S. The fraction of sp³-hybridized carbons (Fsp3) is 0.222. The Morgan fingerprint density at radius 2 is 1.44 bits per heavy atom. The smallest absolute Gasteiger partial charge is 0.338 e. The van der Waals surface area contributed by atoms with Crippen molar-refractivity contribution in [3.63, 3.8) is 0 Å². The molecular weight excluding hydrogens is 342 g/mol. The van der Waals surface area contributed by atoms with Crippen LogP contribution < -0.4 is 5.32 Å². The molecule has 6 nitrogen and oxygen atoms in total. The van der Waals surface area contributed by atoms with E-state index in [4.69, 9.17) is 4.74 Å². The summed E-state index contributed by atoms with van der Waals surface area (Å²) in [4.78, 5) is 24.4. The molecule has 1 heterocycles. The summed E-state index contributed by atoms with van der Waals surface area (Å²) < 4.78 is 29.2. The van der Waals surface area contributed by atoms with E-state index >= 15 is 0 Å². The molecule has 1 amide bonds. The molecule has 2 aromatic carbocycles. The van der Waals surface area contributed by atoms with Crippen molar-refractivity contribution < 1.29 is 22.7 Å². The second-order valence-corrected chi connectivity index (χ2v) is 7.99. The fourth-order valence-electron chi connectivity index (χ4n) is 2.69. The van der Waals surface area contributed by atoms with Gasteiger partial charge in [-0.05, 0) is 24.3 Å². The lowest BCUT2D eigenvalue weighted by Crippen LogP contribution is -2.44. The van der Waals surface area contributed by atoms with Crippen molar-refractivity contribution in [2.45, 2.75) is 12.1 Å². The molecule has 0 radical (unpaired) electrons. The highest BCUT2D eigenvalue weighted by atomic mass is 32.2. The lowest BCUT2D eigenvalue weighted by molar-refractivity contribution is 0.0292. The molecule has 1 aliphatic rings. The first-order chi connectivity index (χ1) is 11.9. The van der Waals surface area contributed by atoms with Gasteiger partial charge in [-0.15, -0.1) is 0 Å². The third-order valence-corrected chi connectivity index (χ3v) is 5.62. The van der Waals surface area contributed by atoms with Crippen molar-refractivity contribution in [1.29, 1.82) is 0 Å². The molecule has 0 aromatic heterocycles. The maximum Gasteiger partial charge on any atom is 0.338 e. The van der Waals surface area contributed by atoms with Crippen molar-refractivity contribution in [3.8, 4) is 0 Å². The lowest BCUT2D eigenvalue weighted by atomic mass is 10.1. The molecule has 1 N–H and O–H groups in total. The number of esters is 1. The molecule has 7 heteroatoms. The molecule has 25 heavy (non-hydrogen) atoms. The largest absolute Gasteiger partial charge is 0.455 e. The third kappa shape index (κ3) is 4.24. The Morgan fingerprint density at radius 1 is 0.880 bits per heavy atom. The van der Waals surface area contributed by atoms with E-state index in [0.29, 0.717) is 11.1 Å². The molecule has 1 aliphatic heterocycles. The molecule has 1 saturated heterocycles. The van der Waals surface area contributed by atoms with Crippen LogP contribution in [-0.4, -0.2) is 43.9 Å². The summed E-state index contributed by atoms with van der Waals surface area (Å²) in [6.45, 7) is 0. The number of amides is 1. The van der Waals surface area contributed by atoms with Gasteiger partial charge in [0.25, 0.3) is 5.91 Å². The average Bonchev–Trinajstić information content (AvgIpc) is 2.89. The molecule has 0 bridgehead atoms. The number of benzene rings is 2. The number of hydrogen-bond donors (Lipinski definition) is 1. The minimum atomic E-state index is -3.39. The van der Waals surface area contributed by atoms with Gasteiger partial charge in [0, 0.05) is 5.56 Å². The van der Waals surface area contributed by atoms with Gasteiger partial charge < -0.3 is 10.1 Å². The highest BCUT2D eigenvalue weighted by Gasteiger charge is 2.41. The number of rotatable bonds is 4. The van der Waals surface area contributed by atoms with Gasteiger partial charge in [0.15, 0.2) is 9.84 Å². The minimum Gasteiger partial charge on any atom is -0.455 e. The Kier molecular flexibility index (Phi) is 4.85. The van der Waals surface area contributed by atoms with Gasteiger partial charge in [0.2, 0.25) is 0 Å². The maximum atomic E-state index is 12.3.